The molecule has 1 unspecified atom stereocenters. The van der Waals surface area contributed by atoms with Crippen molar-refractivity contribution >= 4 is 6.03 Å². The molecule has 5 heteroatoms. The molecule has 0 radical (unpaired) electrons. The lowest BCUT2D eigenvalue weighted by Gasteiger charge is -2.37. The van der Waals surface area contributed by atoms with Gasteiger partial charge in [-0.15, -0.1) is 0 Å². The van der Waals surface area contributed by atoms with Crippen LogP contribution in [-0.4, -0.2) is 48.4 Å². The van der Waals surface area contributed by atoms with Crippen molar-refractivity contribution in [3.8, 4) is 0 Å². The van der Waals surface area contributed by atoms with Crippen molar-refractivity contribution in [2.45, 2.75) is 52.2 Å². The first-order chi connectivity index (χ1) is 11.6. The van der Waals surface area contributed by atoms with Gasteiger partial charge in [0, 0.05) is 33.1 Å². The Labute approximate surface area is 151 Å². The number of hydrogen-bond acceptors (Lipinski definition) is 3. The van der Waals surface area contributed by atoms with Gasteiger partial charge in [-0.25, -0.2) is 4.79 Å². The molecule has 5 nitrogen and oxygen atoms in total. The zero-order chi connectivity index (χ0) is 18.7. The van der Waals surface area contributed by atoms with Gasteiger partial charge >= 0.3 is 6.03 Å². The van der Waals surface area contributed by atoms with Crippen molar-refractivity contribution in [3.05, 3.63) is 35.4 Å². The SMILES string of the molecule is Cc1cccc(C(NC(=O)N(C)CC2(O)CCOCC2)C(C)(C)C)c1. The van der Waals surface area contributed by atoms with Crippen molar-refractivity contribution in [1.82, 2.24) is 10.2 Å². The first-order valence-electron chi connectivity index (χ1n) is 8.99. The van der Waals surface area contributed by atoms with Crippen LogP contribution in [0.4, 0.5) is 4.79 Å². The summed E-state index contributed by atoms with van der Waals surface area (Å²) in [6.07, 6.45) is 1.12. The van der Waals surface area contributed by atoms with Crippen LogP contribution in [0.2, 0.25) is 0 Å². The lowest BCUT2D eigenvalue weighted by Crippen LogP contribution is -2.51. The molecule has 1 atom stereocenters. The Bertz CT molecular complexity index is 589. The number of hydrogen-bond donors (Lipinski definition) is 2. The van der Waals surface area contributed by atoms with Crippen molar-refractivity contribution in [3.63, 3.8) is 0 Å². The molecule has 1 aliphatic heterocycles. The molecule has 2 N–H and O–H groups in total. The van der Waals surface area contributed by atoms with Gasteiger partial charge in [-0.2, -0.15) is 0 Å². The lowest BCUT2D eigenvalue weighted by molar-refractivity contribution is -0.0724. The van der Waals surface area contributed by atoms with Crippen LogP contribution in [0.25, 0.3) is 0 Å². The summed E-state index contributed by atoms with van der Waals surface area (Å²) >= 11 is 0. The predicted octanol–water partition coefficient (Wildman–Crippen LogP) is 3.27. The second kappa shape index (κ2) is 7.75. The molecule has 1 heterocycles. The maximum atomic E-state index is 12.7. The Balaban J connectivity index is 2.08. The number of nitrogens with one attached hydrogen (secondary N) is 1. The topological polar surface area (TPSA) is 61.8 Å². The number of aliphatic hydroxyl groups is 1. The van der Waals surface area contributed by atoms with Gasteiger partial charge in [0.2, 0.25) is 0 Å². The molecule has 2 amide bonds. The number of ether oxygens (including phenoxy) is 1. The number of urea groups is 1. The number of nitrogens with zero attached hydrogens (tertiary/aromatic N) is 1. The van der Waals surface area contributed by atoms with Crippen molar-refractivity contribution in [2.24, 2.45) is 5.41 Å². The van der Waals surface area contributed by atoms with E-state index >= 15 is 0 Å². The van der Waals surface area contributed by atoms with Gasteiger partial charge in [0.15, 0.2) is 0 Å². The van der Waals surface area contributed by atoms with E-state index in [-0.39, 0.29) is 17.5 Å². The first-order valence-corrected chi connectivity index (χ1v) is 8.99. The Hall–Kier alpha value is -1.59. The highest BCUT2D eigenvalue weighted by molar-refractivity contribution is 5.74. The third-order valence-corrected chi connectivity index (χ3v) is 4.81. The number of aryl methyl sites for hydroxylation is 1. The third kappa shape index (κ3) is 5.44. The lowest BCUT2D eigenvalue weighted by atomic mass is 9.82. The molecule has 1 saturated heterocycles. The van der Waals surface area contributed by atoms with E-state index in [1.54, 1.807) is 11.9 Å². The molecular weight excluding hydrogens is 316 g/mol. The molecule has 1 aliphatic rings. The maximum Gasteiger partial charge on any atom is 0.317 e. The molecule has 0 aromatic heterocycles. The Morgan fingerprint density at radius 1 is 1.36 bits per heavy atom. The fourth-order valence-corrected chi connectivity index (χ4v) is 3.31. The molecule has 1 fully saturated rings. The van der Waals surface area contributed by atoms with Gasteiger partial charge in [0.25, 0.3) is 0 Å². The zero-order valence-electron chi connectivity index (χ0n) is 16.1. The van der Waals surface area contributed by atoms with E-state index in [0.717, 1.165) is 5.56 Å². The van der Waals surface area contributed by atoms with Crippen molar-refractivity contribution in [2.75, 3.05) is 26.8 Å². The summed E-state index contributed by atoms with van der Waals surface area (Å²) in [5, 5.41) is 13.8. The van der Waals surface area contributed by atoms with Gasteiger partial charge in [0.05, 0.1) is 18.2 Å². The van der Waals surface area contributed by atoms with Crippen LogP contribution in [-0.2, 0) is 4.74 Å². The monoisotopic (exact) mass is 348 g/mol. The van der Waals surface area contributed by atoms with E-state index < -0.39 is 5.60 Å². The normalized spacial score (nSPS) is 18.5. The second-order valence-electron chi connectivity index (χ2n) is 8.36. The van der Waals surface area contributed by atoms with Gasteiger partial charge in [-0.3, -0.25) is 0 Å². The molecule has 0 bridgehead atoms. The Kier molecular flexibility index (Phi) is 6.12. The number of likely N-dealkylation sites (N-methyl/N-ethyl adjacent to an activating group) is 1. The fraction of sp³-hybridized carbons (Fsp3) is 0.650. The molecule has 25 heavy (non-hydrogen) atoms. The predicted molar refractivity (Wildman–Crippen MR) is 99.5 cm³/mol. The highest BCUT2D eigenvalue weighted by Crippen LogP contribution is 2.33. The number of benzene rings is 1. The van der Waals surface area contributed by atoms with Gasteiger partial charge < -0.3 is 20.1 Å². The minimum atomic E-state index is -0.856. The summed E-state index contributed by atoms with van der Waals surface area (Å²) in [6, 6.07) is 7.97. The van der Waals surface area contributed by atoms with Crippen LogP contribution in [0, 0.1) is 12.3 Å². The Morgan fingerprint density at radius 2 is 2.00 bits per heavy atom. The highest BCUT2D eigenvalue weighted by Gasteiger charge is 2.34. The average molecular weight is 348 g/mol. The van der Waals surface area contributed by atoms with E-state index in [2.05, 4.69) is 51.2 Å². The highest BCUT2D eigenvalue weighted by atomic mass is 16.5. The quantitative estimate of drug-likeness (QED) is 0.878. The molecule has 2 rings (SSSR count). The number of carbonyl (C=O) groups excluding carboxylic acids is 1. The van der Waals surface area contributed by atoms with Crippen LogP contribution >= 0.6 is 0 Å². The molecule has 1 aromatic rings. The standard InChI is InChI=1S/C20H32N2O3/c1-15-7-6-8-16(13-15)17(19(2,3)4)21-18(23)22(5)14-20(24)9-11-25-12-10-20/h6-8,13,17,24H,9-12,14H2,1-5H3,(H,21,23). The number of rotatable bonds is 4. The summed E-state index contributed by atoms with van der Waals surface area (Å²) in [5.41, 5.74) is 1.29. The Morgan fingerprint density at radius 3 is 2.56 bits per heavy atom. The summed E-state index contributed by atoms with van der Waals surface area (Å²) in [5.74, 6) is 0. The van der Waals surface area contributed by atoms with Gasteiger partial charge in [-0.1, -0.05) is 50.6 Å². The van der Waals surface area contributed by atoms with Crippen molar-refractivity contribution in [1.29, 1.82) is 0 Å². The van der Waals surface area contributed by atoms with Crippen LogP contribution in [0.5, 0.6) is 0 Å². The summed E-state index contributed by atoms with van der Waals surface area (Å²) in [6.45, 7) is 9.80. The van der Waals surface area contributed by atoms with Crippen LogP contribution in [0.1, 0.15) is 50.8 Å². The molecule has 1 aromatic carbocycles. The van der Waals surface area contributed by atoms with Crippen LogP contribution in [0.3, 0.4) is 0 Å². The first kappa shape index (κ1) is 19.7. The fourth-order valence-electron chi connectivity index (χ4n) is 3.31. The molecule has 140 valence electrons. The molecule has 0 spiro atoms. The minimum Gasteiger partial charge on any atom is -0.388 e. The smallest absolute Gasteiger partial charge is 0.317 e. The maximum absolute atomic E-state index is 12.7. The van der Waals surface area contributed by atoms with Crippen LogP contribution < -0.4 is 5.32 Å². The summed E-state index contributed by atoms with van der Waals surface area (Å²) in [4.78, 5) is 14.3. The summed E-state index contributed by atoms with van der Waals surface area (Å²) in [7, 11) is 1.73. The van der Waals surface area contributed by atoms with E-state index in [1.807, 2.05) is 6.07 Å². The number of carbonyl (C=O) groups is 1. The second-order valence-corrected chi connectivity index (χ2v) is 8.36. The van der Waals surface area contributed by atoms with Crippen LogP contribution in [0.15, 0.2) is 24.3 Å². The zero-order valence-corrected chi connectivity index (χ0v) is 16.1. The van der Waals surface area contributed by atoms with Gasteiger partial charge in [0.1, 0.15) is 0 Å². The van der Waals surface area contributed by atoms with E-state index in [9.17, 15) is 9.90 Å². The molecular formula is C20H32N2O3. The average Bonchev–Trinajstić information content (AvgIpc) is 2.51. The minimum absolute atomic E-state index is 0.105. The van der Waals surface area contributed by atoms with Gasteiger partial charge in [-0.05, 0) is 17.9 Å². The number of amides is 2. The largest absolute Gasteiger partial charge is 0.388 e. The summed E-state index contributed by atoms with van der Waals surface area (Å²) < 4.78 is 5.31. The van der Waals surface area contributed by atoms with E-state index in [0.29, 0.717) is 32.6 Å². The molecule has 0 aliphatic carbocycles. The van der Waals surface area contributed by atoms with Crippen molar-refractivity contribution < 1.29 is 14.6 Å². The van der Waals surface area contributed by atoms with E-state index in [4.69, 9.17) is 4.74 Å². The third-order valence-electron chi connectivity index (χ3n) is 4.81. The molecule has 0 saturated carbocycles. The van der Waals surface area contributed by atoms with E-state index in [1.165, 1.54) is 5.56 Å².